The molecule has 1 saturated carbocycles. The van der Waals surface area contributed by atoms with Crippen LogP contribution in [0.15, 0.2) is 53.4 Å². The van der Waals surface area contributed by atoms with Crippen molar-refractivity contribution in [2.24, 2.45) is 0 Å². The van der Waals surface area contributed by atoms with Crippen molar-refractivity contribution >= 4 is 27.8 Å². The van der Waals surface area contributed by atoms with Gasteiger partial charge in [-0.3, -0.25) is 0 Å². The van der Waals surface area contributed by atoms with Crippen LogP contribution in [0.2, 0.25) is 5.02 Å². The molecular formula is C20H23ClN2O3S. The van der Waals surface area contributed by atoms with Crippen LogP contribution in [-0.2, 0) is 10.0 Å². The van der Waals surface area contributed by atoms with Crippen LogP contribution < -0.4 is 4.72 Å². The predicted molar refractivity (Wildman–Crippen MR) is 108 cm³/mol. The second kappa shape index (κ2) is 8.42. The minimum absolute atomic E-state index is 0.219. The molecule has 0 amide bonds. The predicted octanol–water partition coefficient (Wildman–Crippen LogP) is 3.87. The summed E-state index contributed by atoms with van der Waals surface area (Å²) in [5.41, 5.74) is 1.73. The zero-order valence-electron chi connectivity index (χ0n) is 15.1. The van der Waals surface area contributed by atoms with E-state index in [0.717, 1.165) is 28.7 Å². The molecule has 1 fully saturated rings. The van der Waals surface area contributed by atoms with Gasteiger partial charge in [0.05, 0.1) is 10.9 Å². The van der Waals surface area contributed by atoms with Crippen molar-refractivity contribution in [1.29, 1.82) is 0 Å². The fourth-order valence-corrected chi connectivity index (χ4v) is 4.76. The molecule has 0 aromatic heterocycles. The molecule has 0 aliphatic heterocycles. The van der Waals surface area contributed by atoms with E-state index in [1.807, 2.05) is 6.92 Å². The van der Waals surface area contributed by atoms with Crippen molar-refractivity contribution in [3.8, 4) is 0 Å². The van der Waals surface area contributed by atoms with Gasteiger partial charge in [-0.05, 0) is 56.2 Å². The first-order valence-corrected chi connectivity index (χ1v) is 10.9. The highest BCUT2D eigenvalue weighted by atomic mass is 35.5. The third-order valence-electron chi connectivity index (χ3n) is 4.84. The van der Waals surface area contributed by atoms with Gasteiger partial charge in [-0.1, -0.05) is 35.7 Å². The Bertz CT molecular complexity index is 909. The van der Waals surface area contributed by atoms with E-state index in [9.17, 15) is 13.6 Å². The lowest BCUT2D eigenvalue weighted by molar-refractivity contribution is -0.504. The van der Waals surface area contributed by atoms with E-state index in [4.69, 9.17) is 11.6 Å². The lowest BCUT2D eigenvalue weighted by atomic mass is 9.91. The van der Waals surface area contributed by atoms with Crippen LogP contribution in [0.3, 0.4) is 0 Å². The summed E-state index contributed by atoms with van der Waals surface area (Å²) < 4.78 is 29.1. The highest BCUT2D eigenvalue weighted by Gasteiger charge is 2.34. The topological polar surface area (TPSA) is 72.2 Å². The van der Waals surface area contributed by atoms with Gasteiger partial charge in [-0.2, -0.15) is 0 Å². The quantitative estimate of drug-likeness (QED) is 0.354. The van der Waals surface area contributed by atoms with Crippen molar-refractivity contribution in [3.05, 3.63) is 69.9 Å². The Balaban J connectivity index is 1.80. The molecular weight excluding hydrogens is 384 g/mol. The normalized spacial score (nSPS) is 21.2. The Morgan fingerprint density at radius 2 is 1.70 bits per heavy atom. The van der Waals surface area contributed by atoms with Gasteiger partial charge in [0.15, 0.2) is 12.3 Å². The fourth-order valence-electron chi connectivity index (χ4n) is 3.33. The maximum absolute atomic E-state index is 12.7. The SMILES string of the molecule is Cc1ccc(S(=O)(=O)N[C@@H]2CCCC[C@H]2/[N+]([O-])=C/c2ccc(Cl)cc2)cc1. The largest absolute Gasteiger partial charge is 0.624 e. The number of sulfonamides is 1. The Labute approximate surface area is 165 Å². The zero-order chi connectivity index (χ0) is 19.4. The summed E-state index contributed by atoms with van der Waals surface area (Å²) in [4.78, 5) is 0.219. The maximum Gasteiger partial charge on any atom is 0.241 e. The van der Waals surface area contributed by atoms with E-state index in [2.05, 4.69) is 4.72 Å². The zero-order valence-corrected chi connectivity index (χ0v) is 16.7. The van der Waals surface area contributed by atoms with E-state index in [1.165, 1.54) is 6.21 Å². The number of hydrogen-bond donors (Lipinski definition) is 1. The van der Waals surface area contributed by atoms with Crippen LogP contribution in [0, 0.1) is 12.1 Å². The van der Waals surface area contributed by atoms with Crippen molar-refractivity contribution in [2.75, 3.05) is 0 Å². The third kappa shape index (κ3) is 5.09. The minimum Gasteiger partial charge on any atom is -0.624 e. The summed E-state index contributed by atoms with van der Waals surface area (Å²) in [6.45, 7) is 1.91. The molecule has 0 radical (unpaired) electrons. The molecule has 7 heteroatoms. The number of halogens is 1. The Hall–Kier alpha value is -1.89. The number of nitrogens with one attached hydrogen (secondary N) is 1. The first-order valence-electron chi connectivity index (χ1n) is 9.00. The van der Waals surface area contributed by atoms with Gasteiger partial charge in [0.25, 0.3) is 0 Å². The number of benzene rings is 2. The molecule has 0 spiro atoms. The van der Waals surface area contributed by atoms with Crippen LogP contribution in [0.25, 0.3) is 0 Å². The fraction of sp³-hybridized carbons (Fsp3) is 0.350. The van der Waals surface area contributed by atoms with Gasteiger partial charge >= 0.3 is 0 Å². The summed E-state index contributed by atoms with van der Waals surface area (Å²) in [6.07, 6.45) is 4.59. The number of hydroxylamine groups is 1. The number of aryl methyl sites for hydroxylation is 1. The minimum atomic E-state index is -3.67. The Kier molecular flexibility index (Phi) is 6.19. The molecule has 0 heterocycles. The van der Waals surface area contributed by atoms with E-state index < -0.39 is 22.1 Å². The molecule has 0 bridgehead atoms. The van der Waals surface area contributed by atoms with E-state index >= 15 is 0 Å². The summed E-state index contributed by atoms with van der Waals surface area (Å²) in [6, 6.07) is 12.8. The second-order valence-electron chi connectivity index (χ2n) is 6.93. The van der Waals surface area contributed by atoms with Gasteiger partial charge in [0, 0.05) is 17.0 Å². The standard InChI is InChI=1S/C20H23ClN2O3S/c1-15-6-12-18(13-7-15)27(25,26)22-19-4-2-3-5-20(19)23(24)14-16-8-10-17(21)11-9-16/h6-14,19-20,22H,2-5H2,1H3/b23-14-/t19-,20-/m1/s1. The molecule has 144 valence electrons. The van der Waals surface area contributed by atoms with Gasteiger partial charge in [0.2, 0.25) is 10.0 Å². The molecule has 2 aromatic carbocycles. The number of rotatable bonds is 5. The summed E-state index contributed by atoms with van der Waals surface area (Å²) in [5.74, 6) is 0. The van der Waals surface area contributed by atoms with E-state index in [0.29, 0.717) is 17.9 Å². The maximum atomic E-state index is 12.7. The molecule has 1 aliphatic carbocycles. The third-order valence-corrected chi connectivity index (χ3v) is 6.60. The summed E-state index contributed by atoms with van der Waals surface area (Å²) in [5, 5.41) is 13.3. The van der Waals surface area contributed by atoms with Gasteiger partial charge in [-0.25, -0.2) is 17.9 Å². The molecule has 5 nitrogen and oxygen atoms in total. The first-order chi connectivity index (χ1) is 12.8. The Morgan fingerprint density at radius 1 is 1.07 bits per heavy atom. The molecule has 3 rings (SSSR count). The van der Waals surface area contributed by atoms with Crippen molar-refractivity contribution in [2.45, 2.75) is 49.6 Å². The molecule has 2 atom stereocenters. The van der Waals surface area contributed by atoms with Gasteiger partial charge in [0.1, 0.15) is 0 Å². The molecule has 1 N–H and O–H groups in total. The average Bonchev–Trinajstić information content (AvgIpc) is 2.64. The van der Waals surface area contributed by atoms with Crippen molar-refractivity contribution < 1.29 is 13.2 Å². The van der Waals surface area contributed by atoms with Crippen LogP contribution in [0.4, 0.5) is 0 Å². The highest BCUT2D eigenvalue weighted by molar-refractivity contribution is 7.89. The summed E-state index contributed by atoms with van der Waals surface area (Å²) >= 11 is 5.88. The van der Waals surface area contributed by atoms with Gasteiger partial charge < -0.3 is 5.21 Å². The molecule has 0 saturated heterocycles. The smallest absolute Gasteiger partial charge is 0.241 e. The highest BCUT2D eigenvalue weighted by Crippen LogP contribution is 2.23. The van der Waals surface area contributed by atoms with Crippen molar-refractivity contribution in [1.82, 2.24) is 4.72 Å². The number of nitrogens with zero attached hydrogens (tertiary/aromatic N) is 1. The van der Waals surface area contributed by atoms with Gasteiger partial charge in [-0.15, -0.1) is 0 Å². The Morgan fingerprint density at radius 3 is 2.37 bits per heavy atom. The second-order valence-corrected chi connectivity index (χ2v) is 9.08. The summed E-state index contributed by atoms with van der Waals surface area (Å²) in [7, 11) is -3.67. The van der Waals surface area contributed by atoms with Crippen LogP contribution in [0.5, 0.6) is 0 Å². The molecule has 1 aliphatic rings. The lowest BCUT2D eigenvalue weighted by Crippen LogP contribution is -2.49. The van der Waals surface area contributed by atoms with E-state index in [1.54, 1.807) is 48.5 Å². The molecule has 0 unspecified atom stereocenters. The lowest BCUT2D eigenvalue weighted by Gasteiger charge is -2.30. The molecule has 2 aromatic rings. The molecule has 27 heavy (non-hydrogen) atoms. The van der Waals surface area contributed by atoms with Crippen LogP contribution >= 0.6 is 11.6 Å². The van der Waals surface area contributed by atoms with Crippen LogP contribution in [-0.4, -0.2) is 31.5 Å². The van der Waals surface area contributed by atoms with Crippen LogP contribution in [0.1, 0.15) is 36.8 Å². The number of hydrogen-bond acceptors (Lipinski definition) is 3. The van der Waals surface area contributed by atoms with E-state index in [-0.39, 0.29) is 4.90 Å². The first kappa shape index (κ1) is 19.9. The monoisotopic (exact) mass is 406 g/mol. The van der Waals surface area contributed by atoms with Crippen molar-refractivity contribution in [3.63, 3.8) is 0 Å². The average molecular weight is 407 g/mol.